The number of carbonyl (C=O) groups excluding carboxylic acids is 1. The number of amides is 1. The average Bonchev–Trinajstić information content (AvgIpc) is 3.32. The van der Waals surface area contributed by atoms with Gasteiger partial charge in [0.1, 0.15) is 17.6 Å². The zero-order valence-electron chi connectivity index (χ0n) is 17.1. The molecule has 2 aliphatic carbocycles. The van der Waals surface area contributed by atoms with Gasteiger partial charge in [-0.2, -0.15) is 5.26 Å². The molecule has 3 unspecified atom stereocenters. The second-order valence-electron chi connectivity index (χ2n) is 8.88. The molecule has 1 N–H and O–H groups in total. The average molecular weight is 414 g/mol. The Bertz CT molecular complexity index is 1160. The molecule has 0 radical (unpaired) electrons. The molecule has 2 aliphatic rings. The number of pyridine rings is 2. The van der Waals surface area contributed by atoms with Crippen molar-refractivity contribution in [1.82, 2.24) is 9.97 Å². The minimum Gasteiger partial charge on any atom is -0.325 e. The fraction of sp³-hybridized carbons (Fsp3) is 0.360. The number of anilines is 1. The molecule has 5 nitrogen and oxygen atoms in total. The number of benzene rings is 1. The van der Waals surface area contributed by atoms with Crippen LogP contribution in [0.4, 0.5) is 10.1 Å². The lowest BCUT2D eigenvalue weighted by Gasteiger charge is -2.17. The van der Waals surface area contributed by atoms with E-state index in [9.17, 15) is 9.18 Å². The van der Waals surface area contributed by atoms with E-state index in [0.29, 0.717) is 41.5 Å². The summed E-state index contributed by atoms with van der Waals surface area (Å²) >= 11 is 0. The maximum atomic E-state index is 13.8. The molecule has 1 amide bonds. The van der Waals surface area contributed by atoms with Gasteiger partial charge in [-0.3, -0.25) is 9.78 Å². The highest BCUT2D eigenvalue weighted by Crippen LogP contribution is 2.53. The van der Waals surface area contributed by atoms with Crippen molar-refractivity contribution in [2.45, 2.75) is 38.0 Å². The highest BCUT2D eigenvalue weighted by Gasteiger charge is 2.42. The third-order valence-electron chi connectivity index (χ3n) is 6.93. The predicted molar refractivity (Wildman–Crippen MR) is 116 cm³/mol. The standard InChI is InChI=1S/C25H23FN4O/c26-19-1-4-24-23(12-19)22(5-6-28-24)18-10-16-7-15(8-17(16)11-18)9-25(31)30-21-3-2-20(13-27)29-14-21/h1-6,12,14-18H,7-11H2,(H,30,31)/t15?,16-,17?,18?/m0/s1. The molecule has 0 bridgehead atoms. The summed E-state index contributed by atoms with van der Waals surface area (Å²) in [7, 11) is 0. The zero-order chi connectivity index (χ0) is 21.4. The molecule has 6 heteroatoms. The van der Waals surface area contributed by atoms with Gasteiger partial charge in [0, 0.05) is 18.0 Å². The molecular formula is C25H23FN4O. The Labute approximate surface area is 180 Å². The SMILES string of the molecule is N#Cc1ccc(NC(=O)CC2CC3CC(c4ccnc5ccc(F)cc45)C[C@@H]3C2)cn1. The Morgan fingerprint density at radius 3 is 2.61 bits per heavy atom. The van der Waals surface area contributed by atoms with E-state index in [2.05, 4.69) is 15.3 Å². The summed E-state index contributed by atoms with van der Waals surface area (Å²) in [5.74, 6) is 1.86. The van der Waals surface area contributed by atoms with Gasteiger partial charge in [-0.05, 0) is 91.3 Å². The molecule has 0 spiro atoms. The van der Waals surface area contributed by atoms with Crippen molar-refractivity contribution < 1.29 is 9.18 Å². The van der Waals surface area contributed by atoms with Gasteiger partial charge in [0.2, 0.25) is 5.91 Å². The van der Waals surface area contributed by atoms with Crippen LogP contribution in [0.15, 0.2) is 48.8 Å². The number of rotatable bonds is 4. The Kier molecular flexibility index (Phi) is 5.11. The number of hydrogen-bond acceptors (Lipinski definition) is 4. The van der Waals surface area contributed by atoms with Gasteiger partial charge in [-0.15, -0.1) is 0 Å². The fourth-order valence-corrected chi connectivity index (χ4v) is 5.67. The molecule has 156 valence electrons. The number of fused-ring (bicyclic) bond motifs is 2. The van der Waals surface area contributed by atoms with Crippen molar-refractivity contribution in [3.63, 3.8) is 0 Å². The van der Waals surface area contributed by atoms with Crippen LogP contribution >= 0.6 is 0 Å². The fourth-order valence-electron chi connectivity index (χ4n) is 5.67. The lowest BCUT2D eigenvalue weighted by Crippen LogP contribution is -2.16. The first-order chi connectivity index (χ1) is 15.1. The monoisotopic (exact) mass is 414 g/mol. The quantitative estimate of drug-likeness (QED) is 0.637. The maximum absolute atomic E-state index is 13.8. The third kappa shape index (κ3) is 4.00. The smallest absolute Gasteiger partial charge is 0.224 e. The second-order valence-corrected chi connectivity index (χ2v) is 8.88. The van der Waals surface area contributed by atoms with Crippen LogP contribution in [0.5, 0.6) is 0 Å². The molecule has 31 heavy (non-hydrogen) atoms. The van der Waals surface area contributed by atoms with E-state index < -0.39 is 0 Å². The molecule has 0 aliphatic heterocycles. The van der Waals surface area contributed by atoms with Crippen LogP contribution < -0.4 is 5.32 Å². The van der Waals surface area contributed by atoms with E-state index >= 15 is 0 Å². The van der Waals surface area contributed by atoms with E-state index in [-0.39, 0.29) is 11.7 Å². The summed E-state index contributed by atoms with van der Waals surface area (Å²) in [5.41, 5.74) is 3.02. The van der Waals surface area contributed by atoms with Crippen molar-refractivity contribution in [3.05, 3.63) is 65.9 Å². The van der Waals surface area contributed by atoms with Crippen molar-refractivity contribution in [2.75, 3.05) is 5.32 Å². The highest BCUT2D eigenvalue weighted by atomic mass is 19.1. The van der Waals surface area contributed by atoms with Gasteiger partial charge < -0.3 is 5.32 Å². The summed E-state index contributed by atoms with van der Waals surface area (Å²) in [6.07, 6.45) is 8.19. The number of nitrogens with one attached hydrogen (secondary N) is 1. The van der Waals surface area contributed by atoms with Crippen molar-refractivity contribution in [2.24, 2.45) is 17.8 Å². The van der Waals surface area contributed by atoms with Crippen molar-refractivity contribution in [3.8, 4) is 6.07 Å². The third-order valence-corrected chi connectivity index (χ3v) is 6.93. The number of nitrogens with zero attached hydrogens (tertiary/aromatic N) is 3. The maximum Gasteiger partial charge on any atom is 0.224 e. The number of carbonyl (C=O) groups is 1. The number of aromatic nitrogens is 2. The lowest BCUT2D eigenvalue weighted by molar-refractivity contribution is -0.117. The molecular weight excluding hydrogens is 391 g/mol. The first kappa shape index (κ1) is 19.6. The van der Waals surface area contributed by atoms with Crippen LogP contribution in [0.1, 0.15) is 49.3 Å². The summed E-state index contributed by atoms with van der Waals surface area (Å²) in [4.78, 5) is 20.8. The largest absolute Gasteiger partial charge is 0.325 e. The molecule has 0 saturated heterocycles. The highest BCUT2D eigenvalue weighted by molar-refractivity contribution is 5.90. The zero-order valence-corrected chi connectivity index (χ0v) is 17.1. The Morgan fingerprint density at radius 1 is 1.10 bits per heavy atom. The van der Waals surface area contributed by atoms with Gasteiger partial charge >= 0.3 is 0 Å². The summed E-state index contributed by atoms with van der Waals surface area (Å²) in [6, 6.07) is 12.2. The van der Waals surface area contributed by atoms with Crippen LogP contribution in [0.2, 0.25) is 0 Å². The molecule has 1 aromatic carbocycles. The molecule has 3 aromatic rings. The molecule has 4 atom stereocenters. The van der Waals surface area contributed by atoms with Gasteiger partial charge in [-0.25, -0.2) is 9.37 Å². The normalized spacial score (nSPS) is 24.6. The Hall–Kier alpha value is -3.33. The summed E-state index contributed by atoms with van der Waals surface area (Å²) < 4.78 is 13.8. The van der Waals surface area contributed by atoms with Gasteiger partial charge in [0.25, 0.3) is 0 Å². The number of halogens is 1. The summed E-state index contributed by atoms with van der Waals surface area (Å²) in [6.45, 7) is 0. The van der Waals surface area contributed by atoms with E-state index in [4.69, 9.17) is 5.26 Å². The Balaban J connectivity index is 1.20. The van der Waals surface area contributed by atoms with Gasteiger partial charge in [-0.1, -0.05) is 0 Å². The topological polar surface area (TPSA) is 78.7 Å². The lowest BCUT2D eigenvalue weighted by atomic mass is 9.89. The summed E-state index contributed by atoms with van der Waals surface area (Å²) in [5, 5.41) is 12.6. The first-order valence-electron chi connectivity index (χ1n) is 10.8. The van der Waals surface area contributed by atoms with Crippen molar-refractivity contribution in [1.29, 1.82) is 5.26 Å². The van der Waals surface area contributed by atoms with E-state index in [1.54, 1.807) is 24.3 Å². The van der Waals surface area contributed by atoms with Crippen LogP contribution in [-0.2, 0) is 4.79 Å². The van der Waals surface area contributed by atoms with Crippen LogP contribution in [0.25, 0.3) is 10.9 Å². The Morgan fingerprint density at radius 2 is 1.90 bits per heavy atom. The predicted octanol–water partition coefficient (Wildman–Crippen LogP) is 5.19. The van der Waals surface area contributed by atoms with Gasteiger partial charge in [0.15, 0.2) is 0 Å². The van der Waals surface area contributed by atoms with E-state index in [0.717, 1.165) is 36.6 Å². The first-order valence-corrected chi connectivity index (χ1v) is 10.8. The van der Waals surface area contributed by atoms with Crippen LogP contribution in [0.3, 0.4) is 0 Å². The van der Waals surface area contributed by atoms with Crippen LogP contribution in [-0.4, -0.2) is 15.9 Å². The van der Waals surface area contributed by atoms with Crippen molar-refractivity contribution >= 4 is 22.5 Å². The van der Waals surface area contributed by atoms with Gasteiger partial charge in [0.05, 0.1) is 17.4 Å². The van der Waals surface area contributed by atoms with E-state index in [1.807, 2.05) is 18.3 Å². The number of hydrogen-bond donors (Lipinski definition) is 1. The molecule has 5 rings (SSSR count). The molecule has 2 fully saturated rings. The second kappa shape index (κ2) is 8.07. The molecule has 2 heterocycles. The number of nitriles is 1. The minimum absolute atomic E-state index is 0.00336. The minimum atomic E-state index is -0.219. The van der Waals surface area contributed by atoms with E-state index in [1.165, 1.54) is 17.8 Å². The molecule has 2 aromatic heterocycles. The van der Waals surface area contributed by atoms with Crippen LogP contribution in [0, 0.1) is 34.9 Å². The molecule has 2 saturated carbocycles.